The van der Waals surface area contributed by atoms with Crippen LogP contribution in [-0.4, -0.2) is 59.8 Å². The van der Waals surface area contributed by atoms with Gasteiger partial charge in [0.25, 0.3) is 0 Å². The summed E-state index contributed by atoms with van der Waals surface area (Å²) in [5, 5.41) is 3.67. The van der Waals surface area contributed by atoms with Crippen molar-refractivity contribution in [2.45, 2.75) is 24.9 Å². The minimum atomic E-state index is -0.555. The van der Waals surface area contributed by atoms with E-state index in [0.717, 1.165) is 32.5 Å². The number of hydrogen-bond acceptors (Lipinski definition) is 8. The lowest BCUT2D eigenvalue weighted by Crippen LogP contribution is -2.61. The summed E-state index contributed by atoms with van der Waals surface area (Å²) in [6, 6.07) is 8.28. The van der Waals surface area contributed by atoms with Gasteiger partial charge >= 0.3 is 5.97 Å². The molecule has 0 amide bonds. The molecule has 0 saturated carbocycles. The van der Waals surface area contributed by atoms with Crippen LogP contribution in [0.25, 0.3) is 10.9 Å². The molecule has 2 aliphatic rings. The number of carbonyl (C=O) groups is 1. The second-order valence-corrected chi connectivity index (χ2v) is 8.95. The van der Waals surface area contributed by atoms with Gasteiger partial charge in [0.15, 0.2) is 17.3 Å². The van der Waals surface area contributed by atoms with Gasteiger partial charge in [-0.15, -0.1) is 0 Å². The van der Waals surface area contributed by atoms with Gasteiger partial charge < -0.3 is 19.5 Å². The van der Waals surface area contributed by atoms with Crippen LogP contribution in [0.15, 0.2) is 36.7 Å². The highest BCUT2D eigenvalue weighted by molar-refractivity contribution is 6.31. The molecule has 8 nitrogen and oxygen atoms in total. The van der Waals surface area contributed by atoms with Crippen molar-refractivity contribution in [1.29, 1.82) is 0 Å². The summed E-state index contributed by atoms with van der Waals surface area (Å²) in [5.41, 5.74) is 0.581. The molecule has 0 atom stereocenters. The Balaban J connectivity index is 1.26. The van der Waals surface area contributed by atoms with Crippen molar-refractivity contribution in [3.05, 3.63) is 47.5 Å². The van der Waals surface area contributed by atoms with Crippen LogP contribution in [-0.2, 0) is 9.53 Å². The van der Waals surface area contributed by atoms with Crippen LogP contribution in [0.2, 0.25) is 5.02 Å². The van der Waals surface area contributed by atoms with Gasteiger partial charge in [-0.3, -0.25) is 9.69 Å². The molecule has 3 heterocycles. The first kappa shape index (κ1) is 22.6. The third-order valence-electron chi connectivity index (χ3n) is 6.14. The van der Waals surface area contributed by atoms with E-state index in [9.17, 15) is 9.18 Å². The van der Waals surface area contributed by atoms with Gasteiger partial charge in [0.2, 0.25) is 0 Å². The van der Waals surface area contributed by atoms with Crippen molar-refractivity contribution in [3.8, 4) is 11.5 Å². The molecule has 1 spiro atoms. The Morgan fingerprint density at radius 1 is 1.26 bits per heavy atom. The summed E-state index contributed by atoms with van der Waals surface area (Å²) >= 11 is 5.90. The number of anilines is 2. The minimum Gasteiger partial charge on any atom is -0.493 e. The van der Waals surface area contributed by atoms with E-state index in [1.807, 2.05) is 0 Å². The number of methoxy groups -OCH3 is 1. The number of halogens is 2. The molecule has 2 aromatic carbocycles. The molecule has 178 valence electrons. The van der Waals surface area contributed by atoms with Crippen LogP contribution in [0, 0.1) is 5.82 Å². The molecule has 2 aliphatic heterocycles. The standard InChI is InChI=1S/C24H24ClFN4O4/c1-32-19-11-18-15(23(28-14-27-18)29-17-5-2-4-16(25)22(17)26)10-20(19)33-9-3-8-30-12-24(13-30)7-6-21(31)34-24/h2,4-5,10-11,14H,3,6-9,12-13H2,1H3,(H,27,28,29). The Labute approximate surface area is 201 Å². The first-order chi connectivity index (χ1) is 16.5. The molecule has 0 radical (unpaired) electrons. The fraction of sp³-hybridized carbons (Fsp3) is 0.375. The average molecular weight is 487 g/mol. The van der Waals surface area contributed by atoms with E-state index in [4.69, 9.17) is 25.8 Å². The van der Waals surface area contributed by atoms with Crippen LogP contribution in [0.1, 0.15) is 19.3 Å². The van der Waals surface area contributed by atoms with Crippen LogP contribution < -0.4 is 14.8 Å². The fourth-order valence-electron chi connectivity index (χ4n) is 4.46. The minimum absolute atomic E-state index is 0.0215. The van der Waals surface area contributed by atoms with E-state index in [1.165, 1.54) is 12.4 Å². The van der Waals surface area contributed by atoms with E-state index in [-0.39, 0.29) is 22.3 Å². The molecule has 34 heavy (non-hydrogen) atoms. The average Bonchev–Trinajstić information content (AvgIpc) is 3.20. The van der Waals surface area contributed by atoms with Gasteiger partial charge in [-0.25, -0.2) is 14.4 Å². The van der Waals surface area contributed by atoms with Crippen molar-refractivity contribution in [2.75, 3.05) is 38.7 Å². The van der Waals surface area contributed by atoms with Crippen LogP contribution in [0.3, 0.4) is 0 Å². The number of ether oxygens (including phenoxy) is 3. The Bertz CT molecular complexity index is 1240. The summed E-state index contributed by atoms with van der Waals surface area (Å²) in [5.74, 6) is 0.870. The van der Waals surface area contributed by atoms with E-state index < -0.39 is 5.82 Å². The highest BCUT2D eigenvalue weighted by atomic mass is 35.5. The lowest BCUT2D eigenvalue weighted by atomic mass is 9.91. The van der Waals surface area contributed by atoms with Crippen LogP contribution in [0.4, 0.5) is 15.9 Å². The van der Waals surface area contributed by atoms with Gasteiger partial charge in [0.1, 0.15) is 17.7 Å². The Morgan fingerprint density at radius 2 is 2.12 bits per heavy atom. The van der Waals surface area contributed by atoms with Gasteiger partial charge in [-0.05, 0) is 24.6 Å². The predicted octanol–water partition coefficient (Wildman–Crippen LogP) is 4.33. The van der Waals surface area contributed by atoms with Gasteiger partial charge in [0, 0.05) is 43.9 Å². The molecule has 0 bridgehead atoms. The maximum absolute atomic E-state index is 14.4. The van der Waals surface area contributed by atoms with Crippen molar-refractivity contribution < 1.29 is 23.4 Å². The summed E-state index contributed by atoms with van der Waals surface area (Å²) in [6.45, 7) is 2.89. The second-order valence-electron chi connectivity index (χ2n) is 8.54. The largest absolute Gasteiger partial charge is 0.493 e. The summed E-state index contributed by atoms with van der Waals surface area (Å²) in [4.78, 5) is 22.2. The van der Waals surface area contributed by atoms with E-state index >= 15 is 0 Å². The Morgan fingerprint density at radius 3 is 2.88 bits per heavy atom. The lowest BCUT2D eigenvalue weighted by molar-refractivity contribution is -0.163. The summed E-state index contributed by atoms with van der Waals surface area (Å²) in [6.07, 6.45) is 3.53. The third-order valence-corrected chi connectivity index (χ3v) is 6.43. The number of benzene rings is 2. The molecule has 0 aliphatic carbocycles. The number of nitrogens with one attached hydrogen (secondary N) is 1. The van der Waals surface area contributed by atoms with Crippen LogP contribution in [0.5, 0.6) is 11.5 Å². The molecule has 10 heteroatoms. The first-order valence-corrected chi connectivity index (χ1v) is 11.4. The number of nitrogens with zero attached hydrogens (tertiary/aromatic N) is 3. The number of aromatic nitrogens is 2. The maximum Gasteiger partial charge on any atom is 0.306 e. The smallest absolute Gasteiger partial charge is 0.306 e. The second kappa shape index (κ2) is 9.23. The molecular formula is C24H24ClFN4O4. The zero-order chi connectivity index (χ0) is 23.7. The molecule has 5 rings (SSSR count). The maximum atomic E-state index is 14.4. The third kappa shape index (κ3) is 4.45. The quantitative estimate of drug-likeness (QED) is 0.372. The number of rotatable bonds is 8. The monoisotopic (exact) mass is 486 g/mol. The van der Waals surface area contributed by atoms with Crippen LogP contribution >= 0.6 is 11.6 Å². The van der Waals surface area contributed by atoms with E-state index in [1.54, 1.807) is 31.4 Å². The van der Waals surface area contributed by atoms with Crippen molar-refractivity contribution >= 4 is 40.0 Å². The number of esters is 1. The zero-order valence-corrected chi connectivity index (χ0v) is 19.4. The molecule has 1 N–H and O–H groups in total. The summed E-state index contributed by atoms with van der Waals surface area (Å²) in [7, 11) is 1.57. The molecule has 1 aromatic heterocycles. The topological polar surface area (TPSA) is 85.8 Å². The number of carbonyl (C=O) groups excluding carboxylic acids is 1. The first-order valence-electron chi connectivity index (χ1n) is 11.1. The molecular weight excluding hydrogens is 463 g/mol. The predicted molar refractivity (Wildman–Crippen MR) is 125 cm³/mol. The summed E-state index contributed by atoms with van der Waals surface area (Å²) < 4.78 is 31.4. The van der Waals surface area contributed by atoms with Gasteiger partial charge in [0.05, 0.1) is 29.9 Å². The lowest BCUT2D eigenvalue weighted by Gasteiger charge is -2.46. The number of likely N-dealkylation sites (tertiary alicyclic amines) is 1. The van der Waals surface area contributed by atoms with Crippen molar-refractivity contribution in [2.24, 2.45) is 0 Å². The molecule has 2 saturated heterocycles. The van der Waals surface area contributed by atoms with E-state index in [2.05, 4.69) is 20.2 Å². The van der Waals surface area contributed by atoms with Crippen molar-refractivity contribution in [1.82, 2.24) is 14.9 Å². The highest BCUT2D eigenvalue weighted by Gasteiger charge is 2.49. The van der Waals surface area contributed by atoms with Gasteiger partial charge in [-0.2, -0.15) is 0 Å². The molecule has 2 fully saturated rings. The van der Waals surface area contributed by atoms with Gasteiger partial charge in [-0.1, -0.05) is 17.7 Å². The fourth-order valence-corrected chi connectivity index (χ4v) is 4.63. The Hall–Kier alpha value is -3.17. The van der Waals surface area contributed by atoms with Crippen molar-refractivity contribution in [3.63, 3.8) is 0 Å². The molecule has 0 unspecified atom stereocenters. The number of hydrogen-bond donors (Lipinski definition) is 1. The SMILES string of the molecule is COc1cc2ncnc(Nc3cccc(Cl)c3F)c2cc1OCCCN1CC2(CCC(=O)O2)C1. The Kier molecular flexibility index (Phi) is 6.14. The number of fused-ring (bicyclic) bond motifs is 1. The highest BCUT2D eigenvalue weighted by Crippen LogP contribution is 2.37. The normalized spacial score (nSPS) is 17.0. The molecule has 3 aromatic rings. The zero-order valence-electron chi connectivity index (χ0n) is 18.6. The van der Waals surface area contributed by atoms with E-state index in [0.29, 0.717) is 41.2 Å².